The van der Waals surface area contributed by atoms with Gasteiger partial charge in [0.15, 0.2) is 0 Å². The van der Waals surface area contributed by atoms with Crippen LogP contribution in [0, 0.1) is 0 Å². The highest BCUT2D eigenvalue weighted by Crippen LogP contribution is 2.25. The fourth-order valence-corrected chi connectivity index (χ4v) is 3.30. The van der Waals surface area contributed by atoms with E-state index in [1.165, 1.54) is 11.1 Å². The number of aliphatic hydroxyl groups is 1. The molecule has 0 aromatic heterocycles. The lowest BCUT2D eigenvalue weighted by atomic mass is 9.98. The number of hydrogen-bond acceptors (Lipinski definition) is 4. The molecule has 1 aliphatic rings. The van der Waals surface area contributed by atoms with E-state index in [9.17, 15) is 5.11 Å². The SMILES string of the molecule is COc1ccc(Br)cc1CCc1ccccc1C1=NCC(O)CN1. The van der Waals surface area contributed by atoms with E-state index >= 15 is 0 Å². The molecule has 1 atom stereocenters. The molecule has 1 heterocycles. The van der Waals surface area contributed by atoms with Crippen LogP contribution < -0.4 is 10.1 Å². The smallest absolute Gasteiger partial charge is 0.128 e. The van der Waals surface area contributed by atoms with E-state index in [1.54, 1.807) is 7.11 Å². The highest BCUT2D eigenvalue weighted by Gasteiger charge is 2.16. The fourth-order valence-electron chi connectivity index (χ4n) is 2.89. The lowest BCUT2D eigenvalue weighted by molar-refractivity contribution is 0.181. The molecule has 1 unspecified atom stereocenters. The van der Waals surface area contributed by atoms with Crippen molar-refractivity contribution in [1.82, 2.24) is 5.32 Å². The van der Waals surface area contributed by atoms with Crippen LogP contribution in [0.15, 0.2) is 51.9 Å². The van der Waals surface area contributed by atoms with E-state index in [0.29, 0.717) is 13.1 Å². The predicted molar refractivity (Wildman–Crippen MR) is 100.0 cm³/mol. The van der Waals surface area contributed by atoms with Crippen molar-refractivity contribution in [3.63, 3.8) is 0 Å². The summed E-state index contributed by atoms with van der Waals surface area (Å²) in [7, 11) is 1.70. The van der Waals surface area contributed by atoms with Crippen molar-refractivity contribution in [3.8, 4) is 5.75 Å². The first-order valence-corrected chi connectivity index (χ1v) is 8.83. The average molecular weight is 389 g/mol. The van der Waals surface area contributed by atoms with Gasteiger partial charge in [0.25, 0.3) is 0 Å². The molecule has 24 heavy (non-hydrogen) atoms. The Kier molecular flexibility index (Phi) is 5.53. The maximum atomic E-state index is 9.59. The molecule has 5 heteroatoms. The van der Waals surface area contributed by atoms with Crippen LogP contribution in [-0.2, 0) is 12.8 Å². The first kappa shape index (κ1) is 17.0. The molecule has 126 valence electrons. The summed E-state index contributed by atoms with van der Waals surface area (Å²) < 4.78 is 6.52. The molecule has 0 saturated heterocycles. The van der Waals surface area contributed by atoms with Gasteiger partial charge in [-0.2, -0.15) is 0 Å². The summed E-state index contributed by atoms with van der Waals surface area (Å²) in [6, 6.07) is 14.4. The van der Waals surface area contributed by atoms with Gasteiger partial charge in [-0.3, -0.25) is 4.99 Å². The number of aliphatic imine (C=N–C) groups is 1. The summed E-state index contributed by atoms with van der Waals surface area (Å²) in [6.45, 7) is 1.00. The van der Waals surface area contributed by atoms with Crippen LogP contribution in [0.5, 0.6) is 5.75 Å². The second-order valence-corrected chi connectivity index (χ2v) is 6.75. The average Bonchev–Trinajstić information content (AvgIpc) is 2.61. The molecule has 4 nitrogen and oxygen atoms in total. The summed E-state index contributed by atoms with van der Waals surface area (Å²) in [4.78, 5) is 4.47. The summed E-state index contributed by atoms with van der Waals surface area (Å²) in [5.74, 6) is 1.78. The van der Waals surface area contributed by atoms with Crippen LogP contribution in [0.3, 0.4) is 0 Å². The molecular formula is C19H21BrN2O2. The van der Waals surface area contributed by atoms with E-state index in [2.05, 4.69) is 50.5 Å². The Morgan fingerprint density at radius 1 is 1.21 bits per heavy atom. The molecule has 0 saturated carbocycles. The van der Waals surface area contributed by atoms with E-state index in [-0.39, 0.29) is 0 Å². The number of nitrogens with one attached hydrogen (secondary N) is 1. The van der Waals surface area contributed by atoms with Crippen molar-refractivity contribution in [2.24, 2.45) is 4.99 Å². The second-order valence-electron chi connectivity index (χ2n) is 5.84. The van der Waals surface area contributed by atoms with E-state index in [0.717, 1.165) is 34.5 Å². The Bertz CT molecular complexity index is 746. The number of methoxy groups -OCH3 is 1. The van der Waals surface area contributed by atoms with Gasteiger partial charge in [0.05, 0.1) is 19.8 Å². The van der Waals surface area contributed by atoms with Crippen LogP contribution >= 0.6 is 15.9 Å². The van der Waals surface area contributed by atoms with Gasteiger partial charge in [-0.1, -0.05) is 40.2 Å². The summed E-state index contributed by atoms with van der Waals surface area (Å²) in [5, 5.41) is 12.8. The number of rotatable bonds is 5. The minimum absolute atomic E-state index is 0.396. The highest BCUT2D eigenvalue weighted by atomic mass is 79.9. The molecule has 3 rings (SSSR count). The maximum Gasteiger partial charge on any atom is 0.128 e. The largest absolute Gasteiger partial charge is 0.496 e. The van der Waals surface area contributed by atoms with Crippen molar-refractivity contribution in [3.05, 3.63) is 63.6 Å². The van der Waals surface area contributed by atoms with Crippen LogP contribution in [0.1, 0.15) is 16.7 Å². The van der Waals surface area contributed by atoms with Crippen LogP contribution in [0.25, 0.3) is 0 Å². The van der Waals surface area contributed by atoms with Gasteiger partial charge in [-0.25, -0.2) is 0 Å². The number of hydrogen-bond donors (Lipinski definition) is 2. The number of benzene rings is 2. The molecule has 2 aromatic rings. The Morgan fingerprint density at radius 2 is 2.00 bits per heavy atom. The molecule has 0 fully saturated rings. The molecule has 0 radical (unpaired) electrons. The van der Waals surface area contributed by atoms with Gasteiger partial charge < -0.3 is 15.2 Å². The van der Waals surface area contributed by atoms with Crippen LogP contribution in [0.4, 0.5) is 0 Å². The summed E-state index contributed by atoms with van der Waals surface area (Å²) in [6.07, 6.45) is 1.38. The summed E-state index contributed by atoms with van der Waals surface area (Å²) in [5.41, 5.74) is 3.52. The van der Waals surface area contributed by atoms with Gasteiger partial charge in [0, 0.05) is 16.6 Å². The van der Waals surface area contributed by atoms with E-state index in [1.807, 2.05) is 18.2 Å². The number of β-amino-alcohol motifs (C(OH)–C–C–N with tert-alkyl or cyclic N) is 1. The Balaban J connectivity index is 1.80. The maximum absolute atomic E-state index is 9.59. The number of ether oxygens (including phenoxy) is 1. The number of amidine groups is 1. The molecular weight excluding hydrogens is 368 g/mol. The van der Waals surface area contributed by atoms with Crippen molar-refractivity contribution < 1.29 is 9.84 Å². The second kappa shape index (κ2) is 7.81. The van der Waals surface area contributed by atoms with E-state index < -0.39 is 6.10 Å². The monoisotopic (exact) mass is 388 g/mol. The lowest BCUT2D eigenvalue weighted by Gasteiger charge is -2.21. The first-order valence-electron chi connectivity index (χ1n) is 8.04. The van der Waals surface area contributed by atoms with Crippen LogP contribution in [-0.4, -0.2) is 37.2 Å². The molecule has 0 amide bonds. The van der Waals surface area contributed by atoms with Gasteiger partial charge in [-0.15, -0.1) is 0 Å². The highest BCUT2D eigenvalue weighted by molar-refractivity contribution is 9.10. The number of halogens is 1. The minimum atomic E-state index is -0.396. The zero-order valence-corrected chi connectivity index (χ0v) is 15.2. The molecule has 2 aromatic carbocycles. The standard InChI is InChI=1S/C19H21BrN2O2/c1-24-18-9-8-15(20)10-14(18)7-6-13-4-2-3-5-17(13)19-21-11-16(23)12-22-19/h2-5,8-10,16,23H,6-7,11-12H2,1H3,(H,21,22). The van der Waals surface area contributed by atoms with Crippen molar-refractivity contribution in [2.45, 2.75) is 18.9 Å². The Hall–Kier alpha value is -1.85. The molecule has 0 spiro atoms. The zero-order valence-electron chi connectivity index (χ0n) is 13.6. The van der Waals surface area contributed by atoms with Crippen molar-refractivity contribution in [2.75, 3.05) is 20.2 Å². The third-order valence-electron chi connectivity index (χ3n) is 4.14. The topological polar surface area (TPSA) is 53.9 Å². The number of nitrogens with zero attached hydrogens (tertiary/aromatic N) is 1. The number of aliphatic hydroxyl groups excluding tert-OH is 1. The molecule has 1 aliphatic heterocycles. The Labute approximate surface area is 150 Å². The predicted octanol–water partition coefficient (Wildman–Crippen LogP) is 2.95. The molecule has 2 N–H and O–H groups in total. The van der Waals surface area contributed by atoms with Gasteiger partial charge in [-0.05, 0) is 42.2 Å². The quantitative estimate of drug-likeness (QED) is 0.827. The lowest BCUT2D eigenvalue weighted by Crippen LogP contribution is -2.39. The van der Waals surface area contributed by atoms with Gasteiger partial charge in [0.1, 0.15) is 11.6 Å². The number of aryl methyl sites for hydroxylation is 2. The van der Waals surface area contributed by atoms with Gasteiger partial charge in [0.2, 0.25) is 0 Å². The van der Waals surface area contributed by atoms with Crippen molar-refractivity contribution >= 4 is 21.8 Å². The third-order valence-corrected chi connectivity index (χ3v) is 4.64. The first-order chi connectivity index (χ1) is 11.7. The third kappa shape index (κ3) is 3.97. The van der Waals surface area contributed by atoms with Gasteiger partial charge >= 0.3 is 0 Å². The minimum Gasteiger partial charge on any atom is -0.496 e. The molecule has 0 bridgehead atoms. The van der Waals surface area contributed by atoms with Crippen LogP contribution in [0.2, 0.25) is 0 Å². The van der Waals surface area contributed by atoms with Crippen molar-refractivity contribution in [1.29, 1.82) is 0 Å². The summed E-state index contributed by atoms with van der Waals surface area (Å²) >= 11 is 3.53. The fraction of sp³-hybridized carbons (Fsp3) is 0.316. The van der Waals surface area contributed by atoms with E-state index in [4.69, 9.17) is 4.74 Å². The Morgan fingerprint density at radius 3 is 2.75 bits per heavy atom. The normalized spacial score (nSPS) is 17.1. The molecule has 0 aliphatic carbocycles. The zero-order chi connectivity index (χ0) is 16.9.